The molecule has 0 aliphatic rings. The predicted molar refractivity (Wildman–Crippen MR) is 55.6 cm³/mol. The van der Waals surface area contributed by atoms with Crippen molar-refractivity contribution in [2.24, 2.45) is 0 Å². The maximum atomic E-state index is 10.3. The summed E-state index contributed by atoms with van der Waals surface area (Å²) in [5, 5.41) is -0.765. The van der Waals surface area contributed by atoms with Crippen LogP contribution in [-0.4, -0.2) is 27.9 Å². The van der Waals surface area contributed by atoms with Crippen LogP contribution in [0.4, 0.5) is 0 Å². The molecule has 0 heterocycles. The number of halogens is 4. The third kappa shape index (κ3) is 8.09. The summed E-state index contributed by atoms with van der Waals surface area (Å²) in [7, 11) is -3.95. The molecule has 0 aromatic carbocycles. The fourth-order valence-corrected chi connectivity index (χ4v) is 1.62. The summed E-state index contributed by atoms with van der Waals surface area (Å²) >= 11 is 21.9. The van der Waals surface area contributed by atoms with Crippen molar-refractivity contribution in [3.05, 3.63) is 0 Å². The summed E-state index contributed by atoms with van der Waals surface area (Å²) in [6, 6.07) is 0. The molecular formula is C5H8Cl4O3S. The molecule has 0 spiro atoms. The van der Waals surface area contributed by atoms with Crippen LogP contribution in [0.15, 0.2) is 0 Å². The van der Waals surface area contributed by atoms with Gasteiger partial charge in [-0.3, -0.25) is 4.55 Å². The van der Waals surface area contributed by atoms with Gasteiger partial charge >= 0.3 is 0 Å². The SMILES string of the molecule is O=S(=O)(O)CCC[C@H](Cl)C(Cl)(Cl)Cl. The standard InChI is InChI=1S/C5H8Cl4O3S/c6-4(5(7,8)9)2-1-3-13(10,11)12/h4H,1-3H2,(H,10,11,12)/t4-/m0/s1. The van der Waals surface area contributed by atoms with Crippen LogP contribution in [0.3, 0.4) is 0 Å². The molecule has 1 atom stereocenters. The maximum absolute atomic E-state index is 10.3. The Bertz CT molecular complexity index is 245. The fourth-order valence-electron chi connectivity index (χ4n) is 0.609. The molecule has 0 bridgehead atoms. The van der Waals surface area contributed by atoms with Gasteiger partial charge in [-0.2, -0.15) is 8.42 Å². The molecule has 0 fully saturated rings. The largest absolute Gasteiger partial charge is 0.286 e. The van der Waals surface area contributed by atoms with Crippen LogP contribution in [0.5, 0.6) is 0 Å². The van der Waals surface area contributed by atoms with Gasteiger partial charge in [-0.05, 0) is 12.8 Å². The first kappa shape index (κ1) is 14.1. The lowest BCUT2D eigenvalue weighted by molar-refractivity contribution is 0.479. The Kier molecular flexibility index (Phi) is 5.67. The molecule has 0 saturated heterocycles. The summed E-state index contributed by atoms with van der Waals surface area (Å²) in [5.74, 6) is -0.378. The van der Waals surface area contributed by atoms with Crippen molar-refractivity contribution >= 4 is 56.5 Å². The van der Waals surface area contributed by atoms with Crippen LogP contribution in [0, 0.1) is 0 Å². The van der Waals surface area contributed by atoms with E-state index in [-0.39, 0.29) is 18.6 Å². The van der Waals surface area contributed by atoms with E-state index in [0.29, 0.717) is 0 Å². The van der Waals surface area contributed by atoms with Crippen LogP contribution in [-0.2, 0) is 10.1 Å². The minimum Gasteiger partial charge on any atom is -0.286 e. The summed E-state index contributed by atoms with van der Waals surface area (Å²) in [5.41, 5.74) is 0. The van der Waals surface area contributed by atoms with Gasteiger partial charge in [-0.15, -0.1) is 11.6 Å². The van der Waals surface area contributed by atoms with Gasteiger partial charge in [-0.25, -0.2) is 0 Å². The average Bonchev–Trinajstić information content (AvgIpc) is 1.82. The Morgan fingerprint density at radius 2 is 1.77 bits per heavy atom. The molecule has 8 heteroatoms. The lowest BCUT2D eigenvalue weighted by Gasteiger charge is -2.16. The van der Waals surface area contributed by atoms with Gasteiger partial charge < -0.3 is 0 Å². The number of alkyl halides is 4. The van der Waals surface area contributed by atoms with Crippen LogP contribution >= 0.6 is 46.4 Å². The zero-order chi connectivity index (χ0) is 10.7. The molecule has 0 rings (SSSR count). The average molecular weight is 290 g/mol. The Hall–Kier alpha value is 1.07. The van der Waals surface area contributed by atoms with Crippen molar-refractivity contribution in [1.82, 2.24) is 0 Å². The highest BCUT2D eigenvalue weighted by atomic mass is 35.6. The minimum atomic E-state index is -3.95. The molecule has 80 valence electrons. The van der Waals surface area contributed by atoms with Gasteiger partial charge in [-0.1, -0.05) is 34.8 Å². The summed E-state index contributed by atoms with van der Waals surface area (Å²) in [6.07, 6.45) is 0.360. The molecule has 0 radical (unpaired) electrons. The normalized spacial score (nSPS) is 15.8. The third-order valence-electron chi connectivity index (χ3n) is 1.22. The van der Waals surface area contributed by atoms with Gasteiger partial charge in [0.1, 0.15) is 0 Å². The van der Waals surface area contributed by atoms with E-state index < -0.39 is 19.3 Å². The first-order chi connectivity index (χ1) is 5.63. The molecule has 0 saturated carbocycles. The van der Waals surface area contributed by atoms with E-state index in [4.69, 9.17) is 51.0 Å². The molecule has 0 amide bonds. The second-order valence-corrected chi connectivity index (χ2v) is 6.91. The number of hydrogen-bond acceptors (Lipinski definition) is 2. The summed E-state index contributed by atoms with van der Waals surface area (Å²) in [4.78, 5) is 0. The molecule has 0 aliphatic carbocycles. The van der Waals surface area contributed by atoms with Crippen molar-refractivity contribution in [2.75, 3.05) is 5.75 Å². The van der Waals surface area contributed by atoms with E-state index in [9.17, 15) is 8.42 Å². The first-order valence-electron chi connectivity index (χ1n) is 3.29. The van der Waals surface area contributed by atoms with Crippen LogP contribution in [0.1, 0.15) is 12.8 Å². The molecule has 13 heavy (non-hydrogen) atoms. The van der Waals surface area contributed by atoms with E-state index in [2.05, 4.69) is 0 Å². The van der Waals surface area contributed by atoms with E-state index in [0.717, 1.165) is 0 Å². The lowest BCUT2D eigenvalue weighted by atomic mass is 10.3. The van der Waals surface area contributed by atoms with Gasteiger partial charge in [0.15, 0.2) is 0 Å². The minimum absolute atomic E-state index is 0.154. The molecule has 0 unspecified atom stereocenters. The van der Waals surface area contributed by atoms with Gasteiger partial charge in [0.2, 0.25) is 3.79 Å². The van der Waals surface area contributed by atoms with Crippen molar-refractivity contribution in [2.45, 2.75) is 22.0 Å². The maximum Gasteiger partial charge on any atom is 0.264 e. The molecule has 0 aliphatic heterocycles. The van der Waals surface area contributed by atoms with E-state index >= 15 is 0 Å². The molecular weight excluding hydrogens is 282 g/mol. The zero-order valence-electron chi connectivity index (χ0n) is 6.38. The second-order valence-electron chi connectivity index (χ2n) is 2.44. The topological polar surface area (TPSA) is 54.4 Å². The van der Waals surface area contributed by atoms with Crippen molar-refractivity contribution in [3.63, 3.8) is 0 Å². The van der Waals surface area contributed by atoms with Crippen LogP contribution in [0.2, 0.25) is 0 Å². The number of hydrogen-bond donors (Lipinski definition) is 1. The quantitative estimate of drug-likeness (QED) is 0.639. The summed E-state index contributed by atoms with van der Waals surface area (Å²) in [6.45, 7) is 0. The third-order valence-corrected chi connectivity index (χ3v) is 3.69. The lowest BCUT2D eigenvalue weighted by Crippen LogP contribution is -2.20. The molecule has 0 aromatic heterocycles. The van der Waals surface area contributed by atoms with Gasteiger partial charge in [0.05, 0.1) is 11.1 Å². The van der Waals surface area contributed by atoms with E-state index in [1.165, 1.54) is 0 Å². The molecule has 1 N–H and O–H groups in total. The Labute approximate surface area is 97.0 Å². The smallest absolute Gasteiger partial charge is 0.264 e. The fraction of sp³-hybridized carbons (Fsp3) is 1.00. The van der Waals surface area contributed by atoms with Gasteiger partial charge in [0, 0.05) is 0 Å². The predicted octanol–water partition coefficient (Wildman–Crippen LogP) is 2.63. The number of rotatable bonds is 4. The zero-order valence-corrected chi connectivity index (χ0v) is 10.2. The molecule has 0 aromatic rings. The Morgan fingerprint density at radius 3 is 2.08 bits per heavy atom. The van der Waals surface area contributed by atoms with Crippen molar-refractivity contribution in [3.8, 4) is 0 Å². The van der Waals surface area contributed by atoms with Crippen LogP contribution in [0.25, 0.3) is 0 Å². The summed E-state index contributed by atoms with van der Waals surface area (Å²) < 4.78 is 27.3. The highest BCUT2D eigenvalue weighted by molar-refractivity contribution is 7.85. The monoisotopic (exact) mass is 288 g/mol. The second kappa shape index (κ2) is 5.24. The van der Waals surface area contributed by atoms with Gasteiger partial charge in [0.25, 0.3) is 10.1 Å². The van der Waals surface area contributed by atoms with E-state index in [1.807, 2.05) is 0 Å². The van der Waals surface area contributed by atoms with E-state index in [1.54, 1.807) is 0 Å². The van der Waals surface area contributed by atoms with Crippen molar-refractivity contribution < 1.29 is 13.0 Å². The van der Waals surface area contributed by atoms with Crippen LogP contribution < -0.4 is 0 Å². The Morgan fingerprint density at radius 1 is 1.31 bits per heavy atom. The first-order valence-corrected chi connectivity index (χ1v) is 6.47. The highest BCUT2D eigenvalue weighted by Gasteiger charge is 2.30. The highest BCUT2D eigenvalue weighted by Crippen LogP contribution is 2.36. The Balaban J connectivity index is 3.80. The van der Waals surface area contributed by atoms with Crippen molar-refractivity contribution in [1.29, 1.82) is 0 Å². The molecule has 3 nitrogen and oxygen atoms in total.